The number of carbonyl (C=O) groups is 1. The molecule has 150 valence electrons. The molecule has 3 rings (SSSR count). The van der Waals surface area contributed by atoms with Gasteiger partial charge in [0.15, 0.2) is 0 Å². The predicted octanol–water partition coefficient (Wildman–Crippen LogP) is 3.87. The van der Waals surface area contributed by atoms with Crippen LogP contribution in [-0.4, -0.2) is 26.9 Å². The summed E-state index contributed by atoms with van der Waals surface area (Å²) in [7, 11) is -2.55. The van der Waals surface area contributed by atoms with Gasteiger partial charge in [0, 0.05) is 6.42 Å². The normalized spacial score (nSPS) is 20.6. The van der Waals surface area contributed by atoms with Crippen LogP contribution in [0.3, 0.4) is 0 Å². The Balaban J connectivity index is 2.02. The minimum atomic E-state index is -2.55. The predicted molar refractivity (Wildman–Crippen MR) is 119 cm³/mol. The lowest BCUT2D eigenvalue weighted by Crippen LogP contribution is -2.67. The first-order chi connectivity index (χ1) is 13.4. The van der Waals surface area contributed by atoms with Crippen LogP contribution in [0.4, 0.5) is 0 Å². The highest BCUT2D eigenvalue weighted by atomic mass is 28.4. The van der Waals surface area contributed by atoms with Gasteiger partial charge >= 0.3 is 0 Å². The van der Waals surface area contributed by atoms with E-state index >= 15 is 0 Å². The number of hydrogen-bond acceptors (Lipinski definition) is 2. The van der Waals surface area contributed by atoms with Gasteiger partial charge in [0.05, 0.1) is 12.6 Å². The summed E-state index contributed by atoms with van der Waals surface area (Å²) in [6.07, 6.45) is 2.65. The maximum Gasteiger partial charge on any atom is 0.261 e. The van der Waals surface area contributed by atoms with Gasteiger partial charge in [0.25, 0.3) is 8.32 Å². The second kappa shape index (κ2) is 8.62. The van der Waals surface area contributed by atoms with Crippen LogP contribution in [0.15, 0.2) is 60.7 Å². The summed E-state index contributed by atoms with van der Waals surface area (Å²) >= 11 is 0. The summed E-state index contributed by atoms with van der Waals surface area (Å²) in [6, 6.07) is 21.5. The average molecular weight is 396 g/mol. The van der Waals surface area contributed by atoms with E-state index in [0.29, 0.717) is 18.9 Å². The van der Waals surface area contributed by atoms with Crippen molar-refractivity contribution in [3.8, 4) is 0 Å². The first-order valence-electron chi connectivity index (χ1n) is 10.4. The van der Waals surface area contributed by atoms with Crippen LogP contribution in [0.25, 0.3) is 0 Å². The Hall–Kier alpha value is -1.91. The Morgan fingerprint density at radius 2 is 1.54 bits per heavy atom. The average Bonchev–Trinajstić information content (AvgIpc) is 2.69. The molecule has 1 heterocycles. The van der Waals surface area contributed by atoms with Crippen LogP contribution >= 0.6 is 0 Å². The van der Waals surface area contributed by atoms with E-state index in [0.717, 1.165) is 12.8 Å². The SMILES string of the molecule is CC[C@@H]1CCC(=O)N[C@@H]1CO[Si](c1ccccc1)(c1ccccc1)C(C)(C)C. The highest BCUT2D eigenvalue weighted by Crippen LogP contribution is 2.37. The van der Waals surface area contributed by atoms with Gasteiger partial charge in [-0.2, -0.15) is 0 Å². The zero-order chi connectivity index (χ0) is 20.2. The molecule has 28 heavy (non-hydrogen) atoms. The van der Waals surface area contributed by atoms with Crippen molar-refractivity contribution in [2.45, 2.75) is 58.0 Å². The number of benzene rings is 2. The van der Waals surface area contributed by atoms with Crippen molar-refractivity contribution in [2.75, 3.05) is 6.61 Å². The highest BCUT2D eigenvalue weighted by molar-refractivity contribution is 6.99. The molecule has 1 saturated heterocycles. The molecule has 0 bridgehead atoms. The second-order valence-electron chi connectivity index (χ2n) is 8.86. The van der Waals surface area contributed by atoms with Gasteiger partial charge in [0.1, 0.15) is 0 Å². The summed E-state index contributed by atoms with van der Waals surface area (Å²) in [5, 5.41) is 5.72. The fraction of sp³-hybridized carbons (Fsp3) is 0.458. The fourth-order valence-electron chi connectivity index (χ4n) is 4.56. The van der Waals surface area contributed by atoms with Crippen molar-refractivity contribution in [1.29, 1.82) is 0 Å². The van der Waals surface area contributed by atoms with Crippen LogP contribution < -0.4 is 15.7 Å². The zero-order valence-corrected chi connectivity index (χ0v) is 18.6. The molecule has 1 fully saturated rings. The number of amides is 1. The lowest BCUT2D eigenvalue weighted by atomic mass is 9.89. The first-order valence-corrected chi connectivity index (χ1v) is 12.3. The van der Waals surface area contributed by atoms with Crippen molar-refractivity contribution in [3.63, 3.8) is 0 Å². The molecule has 0 aromatic heterocycles. The lowest BCUT2D eigenvalue weighted by molar-refractivity contribution is -0.124. The molecular formula is C24H33NO2Si. The molecule has 0 aliphatic carbocycles. The summed E-state index contributed by atoms with van der Waals surface area (Å²) in [4.78, 5) is 12.0. The number of hydrogen-bond donors (Lipinski definition) is 1. The van der Waals surface area contributed by atoms with Gasteiger partial charge < -0.3 is 9.74 Å². The zero-order valence-electron chi connectivity index (χ0n) is 17.6. The van der Waals surface area contributed by atoms with Crippen molar-refractivity contribution in [3.05, 3.63) is 60.7 Å². The van der Waals surface area contributed by atoms with Crippen molar-refractivity contribution >= 4 is 24.6 Å². The van der Waals surface area contributed by atoms with E-state index in [1.807, 2.05) is 0 Å². The summed E-state index contributed by atoms with van der Waals surface area (Å²) < 4.78 is 7.01. The molecule has 3 nitrogen and oxygen atoms in total. The third-order valence-corrected chi connectivity index (χ3v) is 11.1. The monoisotopic (exact) mass is 395 g/mol. The van der Waals surface area contributed by atoms with E-state index < -0.39 is 8.32 Å². The van der Waals surface area contributed by atoms with Crippen molar-refractivity contribution in [2.24, 2.45) is 5.92 Å². The summed E-state index contributed by atoms with van der Waals surface area (Å²) in [5.74, 6) is 0.636. The molecular weight excluding hydrogens is 362 g/mol. The Bertz CT molecular complexity index is 731. The maximum atomic E-state index is 12.0. The van der Waals surface area contributed by atoms with E-state index in [9.17, 15) is 4.79 Å². The smallest absolute Gasteiger partial charge is 0.261 e. The number of nitrogens with one attached hydrogen (secondary N) is 1. The Morgan fingerprint density at radius 3 is 2.00 bits per heavy atom. The third kappa shape index (κ3) is 4.08. The van der Waals surface area contributed by atoms with Crippen LogP contribution in [0, 0.1) is 5.92 Å². The van der Waals surface area contributed by atoms with Crippen LogP contribution in [0.5, 0.6) is 0 Å². The van der Waals surface area contributed by atoms with Crippen molar-refractivity contribution in [1.82, 2.24) is 5.32 Å². The highest BCUT2D eigenvalue weighted by Gasteiger charge is 2.50. The fourth-order valence-corrected chi connectivity index (χ4v) is 9.14. The molecule has 0 unspecified atom stereocenters. The van der Waals surface area contributed by atoms with Gasteiger partial charge in [-0.25, -0.2) is 0 Å². The third-order valence-electron chi connectivity index (χ3n) is 6.08. The molecule has 1 N–H and O–H groups in total. The topological polar surface area (TPSA) is 38.3 Å². The standard InChI is InChI=1S/C24H33NO2Si/c1-5-19-16-17-23(26)25-22(19)18-27-28(24(2,3)4,20-12-8-6-9-13-20)21-14-10-7-11-15-21/h6-15,19,22H,5,16-18H2,1-4H3,(H,25,26)/t19-,22-/m1/s1. The van der Waals surface area contributed by atoms with Gasteiger partial charge in [0.2, 0.25) is 5.91 Å². The van der Waals surface area contributed by atoms with E-state index in [4.69, 9.17) is 4.43 Å². The van der Waals surface area contributed by atoms with Crippen LogP contribution in [0.2, 0.25) is 5.04 Å². The second-order valence-corrected chi connectivity index (χ2v) is 13.2. The number of rotatable bonds is 6. The molecule has 0 radical (unpaired) electrons. The molecule has 4 heteroatoms. The molecule has 1 aliphatic heterocycles. The Labute approximate surface area is 170 Å². The van der Waals surface area contributed by atoms with Crippen LogP contribution in [0.1, 0.15) is 47.0 Å². The number of carbonyl (C=O) groups excluding carboxylic acids is 1. The summed E-state index contributed by atoms with van der Waals surface area (Å²) in [5.41, 5.74) is 0. The number of piperidine rings is 1. The van der Waals surface area contributed by atoms with E-state index in [1.54, 1.807) is 0 Å². The molecule has 2 atom stereocenters. The molecule has 1 aliphatic rings. The van der Waals surface area contributed by atoms with E-state index in [2.05, 4.69) is 93.7 Å². The largest absolute Gasteiger partial charge is 0.405 e. The van der Waals surface area contributed by atoms with Gasteiger partial charge in [-0.05, 0) is 27.8 Å². The van der Waals surface area contributed by atoms with Crippen LogP contribution in [-0.2, 0) is 9.22 Å². The van der Waals surface area contributed by atoms with Gasteiger partial charge in [-0.1, -0.05) is 94.8 Å². The molecule has 0 spiro atoms. The maximum absolute atomic E-state index is 12.0. The quantitative estimate of drug-likeness (QED) is 0.754. The molecule has 2 aromatic carbocycles. The minimum absolute atomic E-state index is 0.0455. The first kappa shape index (κ1) is 20.8. The molecule has 0 saturated carbocycles. The van der Waals surface area contributed by atoms with E-state index in [-0.39, 0.29) is 17.0 Å². The van der Waals surface area contributed by atoms with Crippen molar-refractivity contribution < 1.29 is 9.22 Å². The summed E-state index contributed by atoms with van der Waals surface area (Å²) in [6.45, 7) is 9.64. The van der Waals surface area contributed by atoms with E-state index in [1.165, 1.54) is 10.4 Å². The molecule has 2 aromatic rings. The molecule has 1 amide bonds. The van der Waals surface area contributed by atoms with Gasteiger partial charge in [-0.3, -0.25) is 4.79 Å². The lowest BCUT2D eigenvalue weighted by Gasteiger charge is -2.44. The Morgan fingerprint density at radius 1 is 1.00 bits per heavy atom. The van der Waals surface area contributed by atoms with Gasteiger partial charge in [-0.15, -0.1) is 0 Å². The Kier molecular flexibility index (Phi) is 6.41. The minimum Gasteiger partial charge on any atom is -0.405 e.